The number of nitrogens with one attached hydrogen (secondary N) is 1. The van der Waals surface area contributed by atoms with Crippen LogP contribution in [0.5, 0.6) is 5.75 Å². The molecule has 0 radical (unpaired) electrons. The van der Waals surface area contributed by atoms with Gasteiger partial charge >= 0.3 is 0 Å². The third-order valence-corrected chi connectivity index (χ3v) is 3.25. The van der Waals surface area contributed by atoms with E-state index in [4.69, 9.17) is 4.74 Å². The Bertz CT molecular complexity index is 552. The average molecular weight is 288 g/mol. The Hall–Kier alpha value is -2.37. The molecule has 0 aliphatic carbocycles. The number of amides is 1. The first-order valence-corrected chi connectivity index (χ1v) is 6.92. The molecule has 0 bridgehead atoms. The number of carbonyl (C=O) groups is 1. The average Bonchev–Trinajstić information content (AvgIpc) is 3.00. The second kappa shape index (κ2) is 7.42. The Labute approximate surface area is 124 Å². The molecular formula is C15H20N4O2. The number of hydrogen-bond acceptors (Lipinski definition) is 4. The monoisotopic (exact) mass is 288 g/mol. The lowest BCUT2D eigenvalue weighted by molar-refractivity contribution is -0.124. The van der Waals surface area contributed by atoms with Gasteiger partial charge in [-0.2, -0.15) is 5.10 Å². The molecule has 1 N–H and O–H groups in total. The summed E-state index contributed by atoms with van der Waals surface area (Å²) in [5.41, 5.74) is 1.17. The maximum absolute atomic E-state index is 12.0. The van der Waals surface area contributed by atoms with Crippen LogP contribution in [0, 0.1) is 5.92 Å². The number of benzene rings is 1. The van der Waals surface area contributed by atoms with Crippen LogP contribution in [0.3, 0.4) is 0 Å². The fraction of sp³-hybridized carbons (Fsp3) is 0.400. The first kappa shape index (κ1) is 15.0. The van der Waals surface area contributed by atoms with E-state index in [0.717, 1.165) is 12.2 Å². The quantitative estimate of drug-likeness (QED) is 0.833. The Morgan fingerprint density at radius 1 is 1.38 bits per heavy atom. The van der Waals surface area contributed by atoms with Gasteiger partial charge in [0, 0.05) is 6.54 Å². The summed E-state index contributed by atoms with van der Waals surface area (Å²) in [5, 5.41) is 6.94. The fourth-order valence-electron chi connectivity index (χ4n) is 1.99. The van der Waals surface area contributed by atoms with Gasteiger partial charge in [0.25, 0.3) is 0 Å². The summed E-state index contributed by atoms with van der Waals surface area (Å²) >= 11 is 0. The highest BCUT2D eigenvalue weighted by molar-refractivity contribution is 5.78. The van der Waals surface area contributed by atoms with Gasteiger partial charge in [0.1, 0.15) is 18.4 Å². The van der Waals surface area contributed by atoms with Crippen molar-refractivity contribution in [3.05, 3.63) is 42.5 Å². The molecule has 1 aromatic carbocycles. The molecule has 6 nitrogen and oxygen atoms in total. The molecule has 1 amide bonds. The van der Waals surface area contributed by atoms with Gasteiger partial charge in [-0.25, -0.2) is 4.98 Å². The van der Waals surface area contributed by atoms with E-state index < -0.39 is 0 Å². The smallest absolute Gasteiger partial charge is 0.224 e. The van der Waals surface area contributed by atoms with Crippen molar-refractivity contribution in [3.8, 4) is 5.75 Å². The molecule has 6 heteroatoms. The van der Waals surface area contributed by atoms with E-state index >= 15 is 0 Å². The van der Waals surface area contributed by atoms with Crippen molar-refractivity contribution in [2.24, 2.45) is 5.92 Å². The standard InChI is InChI=1S/C15H20N4O2/c1-12(9-19-11-16-10-18-19)15(20)17-8-7-13-3-5-14(21-2)6-4-13/h3-6,10-12H,7-9H2,1-2H3,(H,17,20). The molecule has 1 heterocycles. The van der Waals surface area contributed by atoms with E-state index in [0.29, 0.717) is 13.1 Å². The van der Waals surface area contributed by atoms with Crippen molar-refractivity contribution in [1.29, 1.82) is 0 Å². The number of ether oxygens (including phenoxy) is 1. The summed E-state index contributed by atoms with van der Waals surface area (Å²) in [6.45, 7) is 3.03. The van der Waals surface area contributed by atoms with Gasteiger partial charge in [-0.3, -0.25) is 9.48 Å². The normalized spacial score (nSPS) is 11.9. The van der Waals surface area contributed by atoms with Gasteiger partial charge in [-0.1, -0.05) is 19.1 Å². The zero-order valence-corrected chi connectivity index (χ0v) is 12.3. The lowest BCUT2D eigenvalue weighted by Crippen LogP contribution is -2.33. The topological polar surface area (TPSA) is 69.0 Å². The molecule has 112 valence electrons. The molecule has 1 atom stereocenters. The Morgan fingerprint density at radius 3 is 2.76 bits per heavy atom. The van der Waals surface area contributed by atoms with Crippen molar-refractivity contribution in [2.75, 3.05) is 13.7 Å². The minimum absolute atomic E-state index is 0.0269. The van der Waals surface area contributed by atoms with E-state index in [9.17, 15) is 4.79 Å². The third-order valence-electron chi connectivity index (χ3n) is 3.25. The maximum atomic E-state index is 12.0. The van der Waals surface area contributed by atoms with Crippen molar-refractivity contribution >= 4 is 5.91 Å². The van der Waals surface area contributed by atoms with Gasteiger partial charge in [0.2, 0.25) is 5.91 Å². The van der Waals surface area contributed by atoms with Crippen LogP contribution in [0.4, 0.5) is 0 Å². The van der Waals surface area contributed by atoms with Gasteiger partial charge in [0.05, 0.1) is 19.6 Å². The molecule has 2 rings (SSSR count). The van der Waals surface area contributed by atoms with Crippen LogP contribution in [0.2, 0.25) is 0 Å². The number of rotatable bonds is 7. The molecular weight excluding hydrogens is 268 g/mol. The Morgan fingerprint density at radius 2 is 2.14 bits per heavy atom. The Kier molecular flexibility index (Phi) is 5.31. The molecule has 0 spiro atoms. The largest absolute Gasteiger partial charge is 0.497 e. The summed E-state index contributed by atoms with van der Waals surface area (Å²) in [5.74, 6) is 0.728. The molecule has 0 aliphatic rings. The molecule has 1 unspecified atom stereocenters. The van der Waals surface area contributed by atoms with E-state index in [-0.39, 0.29) is 11.8 Å². The van der Waals surface area contributed by atoms with Crippen LogP contribution in [0.25, 0.3) is 0 Å². The van der Waals surface area contributed by atoms with Crippen molar-refractivity contribution in [2.45, 2.75) is 19.9 Å². The van der Waals surface area contributed by atoms with Gasteiger partial charge in [0.15, 0.2) is 0 Å². The first-order chi connectivity index (χ1) is 10.2. The predicted molar refractivity (Wildman–Crippen MR) is 78.9 cm³/mol. The fourth-order valence-corrected chi connectivity index (χ4v) is 1.99. The SMILES string of the molecule is COc1ccc(CCNC(=O)C(C)Cn2cncn2)cc1. The van der Waals surface area contributed by atoms with E-state index in [1.165, 1.54) is 11.9 Å². The van der Waals surface area contributed by atoms with Crippen LogP contribution < -0.4 is 10.1 Å². The van der Waals surface area contributed by atoms with Gasteiger partial charge in [-0.05, 0) is 24.1 Å². The van der Waals surface area contributed by atoms with Crippen molar-refractivity contribution in [1.82, 2.24) is 20.1 Å². The second-order valence-corrected chi connectivity index (χ2v) is 4.91. The molecule has 0 aliphatic heterocycles. The molecule has 1 aromatic heterocycles. The van der Waals surface area contributed by atoms with Gasteiger partial charge in [-0.15, -0.1) is 0 Å². The molecule has 0 saturated heterocycles. The van der Waals surface area contributed by atoms with Crippen molar-refractivity contribution < 1.29 is 9.53 Å². The molecule has 2 aromatic rings. The highest BCUT2D eigenvalue weighted by Crippen LogP contribution is 2.11. The lowest BCUT2D eigenvalue weighted by Gasteiger charge is -2.12. The zero-order chi connectivity index (χ0) is 15.1. The highest BCUT2D eigenvalue weighted by Gasteiger charge is 2.13. The summed E-state index contributed by atoms with van der Waals surface area (Å²) in [6, 6.07) is 7.85. The Balaban J connectivity index is 1.73. The molecule has 0 saturated carbocycles. The van der Waals surface area contributed by atoms with Crippen LogP contribution in [-0.4, -0.2) is 34.3 Å². The minimum atomic E-state index is -0.137. The predicted octanol–water partition coefficient (Wildman–Crippen LogP) is 1.28. The third kappa shape index (κ3) is 4.59. The van der Waals surface area contributed by atoms with E-state index in [1.54, 1.807) is 18.1 Å². The number of carbonyl (C=O) groups excluding carboxylic acids is 1. The van der Waals surface area contributed by atoms with Crippen molar-refractivity contribution in [3.63, 3.8) is 0 Å². The second-order valence-electron chi connectivity index (χ2n) is 4.91. The van der Waals surface area contributed by atoms with E-state index in [2.05, 4.69) is 15.4 Å². The van der Waals surface area contributed by atoms with Crippen LogP contribution >= 0.6 is 0 Å². The van der Waals surface area contributed by atoms with Crippen LogP contribution in [-0.2, 0) is 17.8 Å². The van der Waals surface area contributed by atoms with E-state index in [1.807, 2.05) is 31.2 Å². The number of aromatic nitrogens is 3. The van der Waals surface area contributed by atoms with Crippen LogP contribution in [0.1, 0.15) is 12.5 Å². The summed E-state index contributed by atoms with van der Waals surface area (Å²) in [4.78, 5) is 15.8. The minimum Gasteiger partial charge on any atom is -0.497 e. The number of methoxy groups -OCH3 is 1. The van der Waals surface area contributed by atoms with Gasteiger partial charge < -0.3 is 10.1 Å². The summed E-state index contributed by atoms with van der Waals surface area (Å²) in [6.07, 6.45) is 3.88. The zero-order valence-electron chi connectivity index (χ0n) is 12.3. The summed E-state index contributed by atoms with van der Waals surface area (Å²) in [7, 11) is 1.64. The first-order valence-electron chi connectivity index (χ1n) is 6.92. The van der Waals surface area contributed by atoms with Crippen LogP contribution in [0.15, 0.2) is 36.9 Å². The number of nitrogens with zero attached hydrogens (tertiary/aromatic N) is 3. The molecule has 21 heavy (non-hydrogen) atoms. The summed E-state index contributed by atoms with van der Waals surface area (Å²) < 4.78 is 6.77. The molecule has 0 fully saturated rings. The lowest BCUT2D eigenvalue weighted by atomic mass is 10.1. The number of hydrogen-bond donors (Lipinski definition) is 1. The maximum Gasteiger partial charge on any atom is 0.224 e. The highest BCUT2D eigenvalue weighted by atomic mass is 16.5.